The van der Waals surface area contributed by atoms with Crippen molar-refractivity contribution in [1.82, 2.24) is 0 Å². The molecule has 2 heteroatoms. The van der Waals surface area contributed by atoms with Gasteiger partial charge in [0.25, 0.3) is 0 Å². The first-order chi connectivity index (χ1) is 7.50. The summed E-state index contributed by atoms with van der Waals surface area (Å²) in [7, 11) is 0. The molecule has 90 valence electrons. The Hall–Kier alpha value is -0.890. The fourth-order valence-corrected chi connectivity index (χ4v) is 1.91. The van der Waals surface area contributed by atoms with Crippen molar-refractivity contribution >= 4 is 5.78 Å². The molecule has 0 aromatic carbocycles. The number of hydrogen-bond donors (Lipinski definition) is 1. The summed E-state index contributed by atoms with van der Waals surface area (Å²) < 4.78 is 0. The summed E-state index contributed by atoms with van der Waals surface area (Å²) in [5.41, 5.74) is 1.12. The van der Waals surface area contributed by atoms with Gasteiger partial charge in [0.2, 0.25) is 0 Å². The molecule has 1 aliphatic rings. The van der Waals surface area contributed by atoms with Crippen molar-refractivity contribution < 1.29 is 9.90 Å². The van der Waals surface area contributed by atoms with Gasteiger partial charge in [-0.25, -0.2) is 0 Å². The van der Waals surface area contributed by atoms with Crippen LogP contribution in [0.15, 0.2) is 23.8 Å². The molecule has 0 amide bonds. The van der Waals surface area contributed by atoms with Crippen LogP contribution in [0.25, 0.3) is 0 Å². The molecule has 1 rings (SSSR count). The zero-order chi connectivity index (χ0) is 12.1. The summed E-state index contributed by atoms with van der Waals surface area (Å²) in [5.74, 6) is 0.435. The molecule has 2 nitrogen and oxygen atoms in total. The summed E-state index contributed by atoms with van der Waals surface area (Å²) in [4.78, 5) is 11.7. The number of rotatable bonds is 4. The number of aliphatic hydroxyl groups excluding tert-OH is 1. The van der Waals surface area contributed by atoms with E-state index in [1.807, 2.05) is 13.0 Å². The summed E-state index contributed by atoms with van der Waals surface area (Å²) in [6.45, 7) is 6.23. The Morgan fingerprint density at radius 1 is 1.56 bits per heavy atom. The maximum absolute atomic E-state index is 11.7. The van der Waals surface area contributed by atoms with Crippen molar-refractivity contribution in [3.05, 3.63) is 23.8 Å². The van der Waals surface area contributed by atoms with E-state index < -0.39 is 6.10 Å². The molecule has 0 saturated carbocycles. The number of hydrogen-bond acceptors (Lipinski definition) is 2. The standard InChI is InChI=1S/C14H22O2/c1-10(2)5-4-6-13(15)12-8-7-11(3)9-14(12)16/h4,6,9-10,12-13,15H,5,7-8H2,1-3H3/b6-4+/t12-,13+/m0/s1. The van der Waals surface area contributed by atoms with Crippen molar-refractivity contribution in [2.75, 3.05) is 0 Å². The van der Waals surface area contributed by atoms with E-state index in [1.165, 1.54) is 0 Å². The van der Waals surface area contributed by atoms with Gasteiger partial charge in [-0.2, -0.15) is 0 Å². The van der Waals surface area contributed by atoms with Crippen molar-refractivity contribution in [2.45, 2.75) is 46.1 Å². The Kier molecular flexibility index (Phi) is 4.94. The fraction of sp³-hybridized carbons (Fsp3) is 0.643. The fourth-order valence-electron chi connectivity index (χ4n) is 1.91. The molecule has 16 heavy (non-hydrogen) atoms. The molecular weight excluding hydrogens is 200 g/mol. The normalized spacial score (nSPS) is 23.9. The van der Waals surface area contributed by atoms with Crippen LogP contribution < -0.4 is 0 Å². The summed E-state index contributed by atoms with van der Waals surface area (Å²) >= 11 is 0. The monoisotopic (exact) mass is 222 g/mol. The largest absolute Gasteiger partial charge is 0.388 e. The second-order valence-corrected chi connectivity index (χ2v) is 5.09. The third-order valence-corrected chi connectivity index (χ3v) is 2.96. The molecular formula is C14H22O2. The average molecular weight is 222 g/mol. The van der Waals surface area contributed by atoms with Crippen molar-refractivity contribution in [1.29, 1.82) is 0 Å². The maximum Gasteiger partial charge on any atom is 0.161 e. The Morgan fingerprint density at radius 2 is 2.25 bits per heavy atom. The lowest BCUT2D eigenvalue weighted by molar-refractivity contribution is -0.121. The lowest BCUT2D eigenvalue weighted by atomic mass is 9.85. The van der Waals surface area contributed by atoms with Gasteiger partial charge in [0.05, 0.1) is 12.0 Å². The van der Waals surface area contributed by atoms with E-state index in [0.29, 0.717) is 5.92 Å². The molecule has 0 spiro atoms. The SMILES string of the molecule is CC1=CC(=O)[C@H]([C@H](O)/C=C/CC(C)C)CC1. The van der Waals surface area contributed by atoms with Gasteiger partial charge in [-0.15, -0.1) is 0 Å². The molecule has 0 heterocycles. The van der Waals surface area contributed by atoms with Crippen LogP contribution in [-0.4, -0.2) is 17.0 Å². The van der Waals surface area contributed by atoms with Gasteiger partial charge in [0.1, 0.15) is 0 Å². The highest BCUT2D eigenvalue weighted by molar-refractivity contribution is 5.93. The number of aliphatic hydroxyl groups is 1. The Morgan fingerprint density at radius 3 is 2.81 bits per heavy atom. The van der Waals surface area contributed by atoms with Crippen molar-refractivity contribution in [3.8, 4) is 0 Å². The Labute approximate surface area is 98.1 Å². The minimum Gasteiger partial charge on any atom is -0.388 e. The van der Waals surface area contributed by atoms with Gasteiger partial charge in [-0.1, -0.05) is 31.6 Å². The minimum atomic E-state index is -0.615. The third kappa shape index (κ3) is 3.93. The van der Waals surface area contributed by atoms with Crippen LogP contribution in [-0.2, 0) is 4.79 Å². The second-order valence-electron chi connectivity index (χ2n) is 5.09. The highest BCUT2D eigenvalue weighted by atomic mass is 16.3. The molecule has 0 radical (unpaired) electrons. The van der Waals surface area contributed by atoms with E-state index in [-0.39, 0.29) is 11.7 Å². The molecule has 1 N–H and O–H groups in total. The van der Waals surface area contributed by atoms with Gasteiger partial charge in [0.15, 0.2) is 5.78 Å². The van der Waals surface area contributed by atoms with E-state index in [1.54, 1.807) is 12.2 Å². The van der Waals surface area contributed by atoms with Gasteiger partial charge in [-0.3, -0.25) is 4.79 Å². The van der Waals surface area contributed by atoms with Crippen LogP contribution in [0.3, 0.4) is 0 Å². The van der Waals surface area contributed by atoms with Crippen LogP contribution in [0.1, 0.15) is 40.0 Å². The van der Waals surface area contributed by atoms with E-state index in [4.69, 9.17) is 0 Å². The quantitative estimate of drug-likeness (QED) is 0.743. The first-order valence-electron chi connectivity index (χ1n) is 6.06. The third-order valence-electron chi connectivity index (χ3n) is 2.96. The predicted molar refractivity (Wildman–Crippen MR) is 66.1 cm³/mol. The molecule has 0 unspecified atom stereocenters. The molecule has 0 saturated heterocycles. The van der Waals surface area contributed by atoms with E-state index in [0.717, 1.165) is 24.8 Å². The summed E-state index contributed by atoms with van der Waals surface area (Å²) in [6, 6.07) is 0. The average Bonchev–Trinajstić information content (AvgIpc) is 2.16. The van der Waals surface area contributed by atoms with E-state index >= 15 is 0 Å². The molecule has 0 aromatic rings. The lowest BCUT2D eigenvalue weighted by Gasteiger charge is -2.22. The first kappa shape index (κ1) is 13.2. The Balaban J connectivity index is 2.52. The predicted octanol–water partition coefficient (Wildman–Crippen LogP) is 2.88. The Bertz CT molecular complexity index is 300. The topological polar surface area (TPSA) is 37.3 Å². The van der Waals surface area contributed by atoms with Crippen LogP contribution in [0.2, 0.25) is 0 Å². The number of carbonyl (C=O) groups is 1. The van der Waals surface area contributed by atoms with E-state index in [2.05, 4.69) is 13.8 Å². The maximum atomic E-state index is 11.7. The molecule has 0 bridgehead atoms. The van der Waals surface area contributed by atoms with Gasteiger partial charge >= 0.3 is 0 Å². The van der Waals surface area contributed by atoms with Gasteiger partial charge in [0, 0.05) is 0 Å². The van der Waals surface area contributed by atoms with Gasteiger partial charge < -0.3 is 5.11 Å². The molecule has 0 aliphatic heterocycles. The minimum absolute atomic E-state index is 0.0745. The molecule has 1 aliphatic carbocycles. The van der Waals surface area contributed by atoms with Gasteiger partial charge in [-0.05, 0) is 38.2 Å². The zero-order valence-corrected chi connectivity index (χ0v) is 10.4. The van der Waals surface area contributed by atoms with Crippen molar-refractivity contribution in [2.24, 2.45) is 11.8 Å². The number of carbonyl (C=O) groups excluding carboxylic acids is 1. The summed E-state index contributed by atoms with van der Waals surface area (Å²) in [6.07, 6.45) is 7.46. The van der Waals surface area contributed by atoms with Crippen LogP contribution in [0.4, 0.5) is 0 Å². The van der Waals surface area contributed by atoms with Crippen LogP contribution in [0, 0.1) is 11.8 Å². The second kappa shape index (κ2) is 6.00. The smallest absolute Gasteiger partial charge is 0.161 e. The molecule has 0 aromatic heterocycles. The first-order valence-corrected chi connectivity index (χ1v) is 6.06. The van der Waals surface area contributed by atoms with Crippen LogP contribution in [0.5, 0.6) is 0 Å². The highest BCUT2D eigenvalue weighted by Crippen LogP contribution is 2.24. The number of ketones is 1. The molecule has 2 atom stereocenters. The van der Waals surface area contributed by atoms with Crippen LogP contribution >= 0.6 is 0 Å². The van der Waals surface area contributed by atoms with E-state index in [9.17, 15) is 9.90 Å². The van der Waals surface area contributed by atoms with Crippen molar-refractivity contribution in [3.63, 3.8) is 0 Å². The molecule has 0 fully saturated rings. The summed E-state index contributed by atoms with van der Waals surface area (Å²) in [5, 5.41) is 9.91. The lowest BCUT2D eigenvalue weighted by Crippen LogP contribution is -2.28. The highest BCUT2D eigenvalue weighted by Gasteiger charge is 2.26. The zero-order valence-electron chi connectivity index (χ0n) is 10.4. The number of allylic oxidation sites excluding steroid dienone is 3.